The van der Waals surface area contributed by atoms with E-state index in [-0.39, 0.29) is 6.61 Å². The number of benzene rings is 2. The Morgan fingerprint density at radius 3 is 2.77 bits per heavy atom. The van der Waals surface area contributed by atoms with Gasteiger partial charge in [0.2, 0.25) is 7.37 Å². The van der Waals surface area contributed by atoms with Gasteiger partial charge in [-0.15, -0.1) is 11.3 Å². The van der Waals surface area contributed by atoms with Crippen LogP contribution in [0, 0.1) is 11.6 Å². The monoisotopic (exact) mass is 468 g/mol. The number of rotatable bonds is 7. The molecule has 0 N–H and O–H groups in total. The van der Waals surface area contributed by atoms with Crippen LogP contribution in [-0.4, -0.2) is 19.2 Å². The highest BCUT2D eigenvalue weighted by molar-refractivity contribution is 7.59. The molecule has 30 heavy (non-hydrogen) atoms. The maximum atomic E-state index is 13.3. The summed E-state index contributed by atoms with van der Waals surface area (Å²) in [5.41, 5.74) is -0.245. The zero-order chi connectivity index (χ0) is 21.9. The summed E-state index contributed by atoms with van der Waals surface area (Å²) in [6.07, 6.45) is 2.54. The number of fused-ring (bicyclic) bond motifs is 1. The molecule has 0 aliphatic rings. The molecule has 4 nitrogen and oxygen atoms in total. The Balaban J connectivity index is 2.02. The van der Waals surface area contributed by atoms with Crippen LogP contribution in [0.15, 0.2) is 53.0 Å². The van der Waals surface area contributed by atoms with E-state index in [1.165, 1.54) is 36.3 Å². The molecule has 0 spiro atoms. The van der Waals surface area contributed by atoms with Gasteiger partial charge in [-0.05, 0) is 71.1 Å². The fourth-order valence-electron chi connectivity index (χ4n) is 3.03. The molecule has 3 aromatic rings. The Morgan fingerprint density at radius 2 is 2.07 bits per heavy atom. The Labute approximate surface area is 181 Å². The third-order valence-electron chi connectivity index (χ3n) is 4.36. The van der Waals surface area contributed by atoms with E-state index in [1.54, 1.807) is 24.4 Å². The highest BCUT2D eigenvalue weighted by Gasteiger charge is 2.33. The lowest BCUT2D eigenvalue weighted by atomic mass is 10.1. The average Bonchev–Trinajstić information content (AvgIpc) is 3.07. The van der Waals surface area contributed by atoms with Crippen molar-refractivity contribution in [1.82, 2.24) is 0 Å². The summed E-state index contributed by atoms with van der Waals surface area (Å²) in [6, 6.07) is 8.61. The molecule has 0 aliphatic carbocycles. The maximum absolute atomic E-state index is 13.3. The molecular formula is C21H18ClF2NO3PS-. The summed E-state index contributed by atoms with van der Waals surface area (Å²) in [6.45, 7) is 3.27. The van der Waals surface area contributed by atoms with Gasteiger partial charge in [0, 0.05) is 22.6 Å². The minimum Gasteiger partial charge on any atom is -0.861 e. The molecular weight excluding hydrogens is 451 g/mol. The van der Waals surface area contributed by atoms with E-state index in [1.807, 2.05) is 6.07 Å². The fourth-order valence-corrected chi connectivity index (χ4v) is 6.12. The SMILES string of the molecule is CCOP(C)(=O)C(C([O-])=N/C=C/c1ccc(F)c(F)c1)c1csc2ccc(Cl)cc12. The molecule has 0 radical (unpaired) electrons. The second kappa shape index (κ2) is 9.40. The number of halogens is 3. The summed E-state index contributed by atoms with van der Waals surface area (Å²) in [4.78, 5) is 3.89. The number of aliphatic imine (C=N–C) groups is 1. The van der Waals surface area contributed by atoms with Crippen molar-refractivity contribution in [3.05, 3.63) is 75.8 Å². The van der Waals surface area contributed by atoms with Crippen molar-refractivity contribution in [3.63, 3.8) is 0 Å². The second-order valence-electron chi connectivity index (χ2n) is 6.52. The van der Waals surface area contributed by atoms with Crippen LogP contribution < -0.4 is 5.11 Å². The first-order valence-electron chi connectivity index (χ1n) is 8.97. The van der Waals surface area contributed by atoms with Crippen molar-refractivity contribution in [3.8, 4) is 0 Å². The standard InChI is InChI=1S/C21H19ClF2NO3PS/c1-3-28-29(2,27)20(16-12-30-19-7-5-14(22)11-15(16)19)21(26)25-9-8-13-4-6-17(23)18(24)10-13/h4-12,20H,3H2,1-2H3,(H,25,26)/p-1/b9-8+. The first-order valence-corrected chi connectivity index (χ1v) is 12.4. The van der Waals surface area contributed by atoms with Crippen LogP contribution >= 0.6 is 30.3 Å². The molecule has 0 saturated heterocycles. The first-order chi connectivity index (χ1) is 14.2. The molecule has 0 bridgehead atoms. The van der Waals surface area contributed by atoms with Crippen LogP contribution in [0.1, 0.15) is 23.7 Å². The lowest BCUT2D eigenvalue weighted by Gasteiger charge is -2.28. The molecule has 1 aromatic heterocycles. The van der Waals surface area contributed by atoms with Gasteiger partial charge in [0.1, 0.15) is 0 Å². The van der Waals surface area contributed by atoms with Gasteiger partial charge in [0.05, 0.1) is 12.3 Å². The number of hydrogen-bond acceptors (Lipinski definition) is 5. The number of hydrogen-bond donors (Lipinski definition) is 0. The van der Waals surface area contributed by atoms with Gasteiger partial charge in [0.15, 0.2) is 11.6 Å². The average molecular weight is 469 g/mol. The highest BCUT2D eigenvalue weighted by atomic mass is 35.5. The van der Waals surface area contributed by atoms with E-state index >= 15 is 0 Å². The number of nitrogens with zero attached hydrogens (tertiary/aromatic N) is 1. The first kappa shape index (κ1) is 22.6. The van der Waals surface area contributed by atoms with E-state index < -0.39 is 30.6 Å². The van der Waals surface area contributed by atoms with E-state index in [9.17, 15) is 18.5 Å². The van der Waals surface area contributed by atoms with Gasteiger partial charge < -0.3 is 9.63 Å². The smallest absolute Gasteiger partial charge is 0.212 e. The topological polar surface area (TPSA) is 61.7 Å². The highest BCUT2D eigenvalue weighted by Crippen LogP contribution is 2.58. The Hall–Kier alpha value is -2.05. The molecule has 0 saturated carbocycles. The Bertz CT molecular complexity index is 1180. The Kier molecular flexibility index (Phi) is 7.09. The molecule has 9 heteroatoms. The van der Waals surface area contributed by atoms with Crippen molar-refractivity contribution < 1.29 is 23.0 Å². The minimum absolute atomic E-state index is 0.172. The van der Waals surface area contributed by atoms with Gasteiger partial charge in [-0.25, -0.2) is 8.78 Å². The lowest BCUT2D eigenvalue weighted by molar-refractivity contribution is -0.218. The van der Waals surface area contributed by atoms with E-state index in [0.717, 1.165) is 16.8 Å². The molecule has 158 valence electrons. The largest absolute Gasteiger partial charge is 0.861 e. The van der Waals surface area contributed by atoms with Gasteiger partial charge in [-0.2, -0.15) is 0 Å². The van der Waals surface area contributed by atoms with Crippen LogP contribution in [0.4, 0.5) is 8.78 Å². The summed E-state index contributed by atoms with van der Waals surface area (Å²) in [5, 5.41) is 15.9. The fraction of sp³-hybridized carbons (Fsp3) is 0.190. The van der Waals surface area contributed by atoms with E-state index in [4.69, 9.17) is 16.1 Å². The van der Waals surface area contributed by atoms with Crippen molar-refractivity contribution in [1.29, 1.82) is 0 Å². The van der Waals surface area contributed by atoms with Crippen molar-refractivity contribution in [2.24, 2.45) is 4.99 Å². The number of thiophene rings is 1. The van der Waals surface area contributed by atoms with Crippen molar-refractivity contribution >= 4 is 52.4 Å². The molecule has 2 aromatic carbocycles. The minimum atomic E-state index is -3.42. The molecule has 3 rings (SSSR count). The molecule has 2 atom stereocenters. The third-order valence-corrected chi connectivity index (χ3v) is 7.79. The normalized spacial score (nSPS) is 15.6. The van der Waals surface area contributed by atoms with Crippen molar-refractivity contribution in [2.45, 2.75) is 12.6 Å². The third kappa shape index (κ3) is 4.98. The predicted molar refractivity (Wildman–Crippen MR) is 118 cm³/mol. The van der Waals surface area contributed by atoms with Gasteiger partial charge in [0.25, 0.3) is 0 Å². The van der Waals surface area contributed by atoms with Crippen LogP contribution in [0.2, 0.25) is 5.02 Å². The quantitative estimate of drug-likeness (QED) is 0.234. The molecule has 0 fully saturated rings. The summed E-state index contributed by atoms with van der Waals surface area (Å²) < 4.78 is 46.0. The predicted octanol–water partition coefficient (Wildman–Crippen LogP) is 6.25. The summed E-state index contributed by atoms with van der Waals surface area (Å²) >= 11 is 7.51. The molecule has 0 amide bonds. The summed E-state index contributed by atoms with van der Waals surface area (Å²) in [5.74, 6) is -2.63. The Morgan fingerprint density at radius 1 is 1.30 bits per heavy atom. The van der Waals surface area contributed by atoms with Gasteiger partial charge >= 0.3 is 0 Å². The van der Waals surface area contributed by atoms with E-state index in [0.29, 0.717) is 21.5 Å². The zero-order valence-electron chi connectivity index (χ0n) is 16.1. The molecule has 2 unspecified atom stereocenters. The van der Waals surface area contributed by atoms with Crippen LogP contribution in [0.25, 0.3) is 16.2 Å². The van der Waals surface area contributed by atoms with Crippen LogP contribution in [0.5, 0.6) is 0 Å². The van der Waals surface area contributed by atoms with Crippen molar-refractivity contribution in [2.75, 3.05) is 13.3 Å². The zero-order valence-corrected chi connectivity index (χ0v) is 18.6. The van der Waals surface area contributed by atoms with Crippen LogP contribution in [0.3, 0.4) is 0 Å². The van der Waals surface area contributed by atoms with E-state index in [2.05, 4.69) is 4.99 Å². The molecule has 0 aliphatic heterocycles. The van der Waals surface area contributed by atoms with Crippen LogP contribution in [-0.2, 0) is 9.09 Å². The summed E-state index contributed by atoms with van der Waals surface area (Å²) in [7, 11) is -3.42. The molecule has 1 heterocycles. The second-order valence-corrected chi connectivity index (χ2v) is 10.5. The van der Waals surface area contributed by atoms with Gasteiger partial charge in [-0.1, -0.05) is 17.7 Å². The maximum Gasteiger partial charge on any atom is 0.212 e. The lowest BCUT2D eigenvalue weighted by Crippen LogP contribution is -2.26. The van der Waals surface area contributed by atoms with Gasteiger partial charge in [-0.3, -0.25) is 9.56 Å².